The largest absolute Gasteiger partial charge is 0.381 e. The molecule has 3 rings (SSSR count). The van der Waals surface area contributed by atoms with Gasteiger partial charge in [0.2, 0.25) is 0 Å². The molecule has 4 nitrogen and oxygen atoms in total. The van der Waals surface area contributed by atoms with E-state index in [1.807, 2.05) is 0 Å². The summed E-state index contributed by atoms with van der Waals surface area (Å²) in [4.78, 5) is 7.35. The second kappa shape index (κ2) is 10.2. The number of nitrogens with one attached hydrogen (secondary N) is 1. The molecule has 0 aromatic carbocycles. The second-order valence-corrected chi connectivity index (χ2v) is 7.80. The average molecular weight is 449 g/mol. The van der Waals surface area contributed by atoms with E-state index in [1.165, 1.54) is 44.9 Å². The van der Waals surface area contributed by atoms with Crippen LogP contribution in [-0.4, -0.2) is 50.8 Å². The van der Waals surface area contributed by atoms with Crippen molar-refractivity contribution in [1.29, 1.82) is 0 Å². The Bertz CT molecular complexity index is 378. The van der Waals surface area contributed by atoms with Gasteiger partial charge < -0.3 is 15.0 Å². The van der Waals surface area contributed by atoms with Gasteiger partial charge in [0.1, 0.15) is 0 Å². The third-order valence-corrected chi connectivity index (χ3v) is 5.82. The van der Waals surface area contributed by atoms with E-state index in [1.54, 1.807) is 0 Å². The maximum Gasteiger partial charge on any atom is 0.193 e. The molecule has 3 fully saturated rings. The summed E-state index contributed by atoms with van der Waals surface area (Å²) >= 11 is 0. The van der Waals surface area contributed by atoms with Crippen LogP contribution in [0.25, 0.3) is 0 Å². The third-order valence-electron chi connectivity index (χ3n) is 5.82. The molecule has 0 bridgehead atoms. The molecular weight excluding hydrogens is 413 g/mol. The maximum absolute atomic E-state index is 5.46. The van der Waals surface area contributed by atoms with E-state index in [4.69, 9.17) is 9.73 Å². The molecule has 24 heavy (non-hydrogen) atoms. The van der Waals surface area contributed by atoms with Gasteiger partial charge in [-0.25, -0.2) is 0 Å². The molecule has 2 aliphatic carbocycles. The van der Waals surface area contributed by atoms with Crippen molar-refractivity contribution in [2.45, 2.75) is 51.9 Å². The Morgan fingerprint density at radius 1 is 1.12 bits per heavy atom. The first kappa shape index (κ1) is 20.3. The van der Waals surface area contributed by atoms with Crippen LogP contribution in [0.5, 0.6) is 0 Å². The smallest absolute Gasteiger partial charge is 0.193 e. The van der Waals surface area contributed by atoms with E-state index in [2.05, 4.69) is 24.2 Å². The van der Waals surface area contributed by atoms with Crippen LogP contribution in [0, 0.1) is 23.7 Å². The predicted molar refractivity (Wildman–Crippen MR) is 111 cm³/mol. The Morgan fingerprint density at radius 2 is 1.75 bits per heavy atom. The first-order valence-electron chi connectivity index (χ1n) is 9.85. The first-order chi connectivity index (χ1) is 11.3. The van der Waals surface area contributed by atoms with Crippen LogP contribution in [0.4, 0.5) is 0 Å². The molecule has 5 heteroatoms. The molecule has 3 aliphatic rings. The zero-order valence-electron chi connectivity index (χ0n) is 15.5. The van der Waals surface area contributed by atoms with E-state index in [9.17, 15) is 0 Å². The topological polar surface area (TPSA) is 36.9 Å². The van der Waals surface area contributed by atoms with Gasteiger partial charge in [-0.1, -0.05) is 0 Å². The summed E-state index contributed by atoms with van der Waals surface area (Å²) in [6.45, 7) is 7.17. The number of ether oxygens (including phenoxy) is 1. The Kier molecular flexibility index (Phi) is 8.61. The zero-order valence-corrected chi connectivity index (χ0v) is 17.8. The van der Waals surface area contributed by atoms with Crippen LogP contribution in [0.15, 0.2) is 4.99 Å². The number of hydrogen-bond donors (Lipinski definition) is 1. The maximum atomic E-state index is 5.46. The molecule has 1 N–H and O–H groups in total. The SMILES string of the molecule is CCNC(=NCC(C1CC1)C1CC1)N(C)CCC1CCOCC1.I. The molecule has 0 atom stereocenters. The minimum Gasteiger partial charge on any atom is -0.381 e. The molecule has 1 aliphatic heterocycles. The minimum absolute atomic E-state index is 0. The highest BCUT2D eigenvalue weighted by molar-refractivity contribution is 14.0. The van der Waals surface area contributed by atoms with Crippen molar-refractivity contribution in [2.24, 2.45) is 28.7 Å². The lowest BCUT2D eigenvalue weighted by Gasteiger charge is -2.27. The number of nitrogens with zero attached hydrogens (tertiary/aromatic N) is 2. The fourth-order valence-corrected chi connectivity index (χ4v) is 3.91. The van der Waals surface area contributed by atoms with Crippen LogP contribution in [0.1, 0.15) is 51.9 Å². The van der Waals surface area contributed by atoms with E-state index >= 15 is 0 Å². The fourth-order valence-electron chi connectivity index (χ4n) is 3.91. The lowest BCUT2D eigenvalue weighted by molar-refractivity contribution is 0.0625. The fraction of sp³-hybridized carbons (Fsp3) is 0.947. The minimum atomic E-state index is 0. The average Bonchev–Trinajstić information content (AvgIpc) is 3.46. The van der Waals surface area contributed by atoms with Gasteiger partial charge >= 0.3 is 0 Å². The van der Waals surface area contributed by atoms with Crippen LogP contribution in [-0.2, 0) is 4.74 Å². The van der Waals surface area contributed by atoms with Crippen molar-refractivity contribution in [3.63, 3.8) is 0 Å². The summed E-state index contributed by atoms with van der Waals surface area (Å²) in [5.41, 5.74) is 0. The zero-order chi connectivity index (χ0) is 16.1. The van der Waals surface area contributed by atoms with Gasteiger partial charge in [-0.2, -0.15) is 0 Å². The summed E-state index contributed by atoms with van der Waals surface area (Å²) in [6.07, 6.45) is 9.53. The highest BCUT2D eigenvalue weighted by Crippen LogP contribution is 2.49. The molecule has 0 unspecified atom stereocenters. The van der Waals surface area contributed by atoms with E-state index in [0.29, 0.717) is 0 Å². The molecule has 0 amide bonds. The Balaban J connectivity index is 0.00000208. The van der Waals surface area contributed by atoms with Crippen LogP contribution in [0.2, 0.25) is 0 Å². The van der Waals surface area contributed by atoms with Gasteiger partial charge in [-0.05, 0) is 75.5 Å². The third kappa shape index (κ3) is 6.36. The monoisotopic (exact) mass is 449 g/mol. The van der Waals surface area contributed by atoms with Gasteiger partial charge in [0.25, 0.3) is 0 Å². The molecule has 2 saturated carbocycles. The van der Waals surface area contributed by atoms with Crippen LogP contribution < -0.4 is 5.32 Å². The summed E-state index contributed by atoms with van der Waals surface area (Å²) < 4.78 is 5.46. The van der Waals surface area contributed by atoms with Gasteiger partial charge in [0, 0.05) is 39.9 Å². The Hall–Kier alpha value is -0.0400. The van der Waals surface area contributed by atoms with Crippen molar-refractivity contribution in [3.05, 3.63) is 0 Å². The number of halogens is 1. The molecule has 0 radical (unpaired) electrons. The predicted octanol–water partition coefficient (Wildman–Crippen LogP) is 3.75. The molecule has 0 aromatic rings. The van der Waals surface area contributed by atoms with E-state index in [0.717, 1.165) is 62.5 Å². The molecule has 0 aromatic heterocycles. The van der Waals surface area contributed by atoms with Crippen molar-refractivity contribution >= 4 is 29.9 Å². The molecule has 1 heterocycles. The van der Waals surface area contributed by atoms with Crippen LogP contribution >= 0.6 is 24.0 Å². The lowest BCUT2D eigenvalue weighted by Crippen LogP contribution is -2.40. The number of aliphatic imine (C=N–C) groups is 1. The molecular formula is C19H36IN3O. The number of guanidine groups is 1. The van der Waals surface area contributed by atoms with Gasteiger partial charge in [-0.15, -0.1) is 24.0 Å². The summed E-state index contributed by atoms with van der Waals surface area (Å²) in [7, 11) is 2.20. The molecule has 0 spiro atoms. The Labute approximate surface area is 165 Å². The first-order valence-corrected chi connectivity index (χ1v) is 9.85. The van der Waals surface area contributed by atoms with Gasteiger partial charge in [0.15, 0.2) is 5.96 Å². The number of rotatable bonds is 8. The summed E-state index contributed by atoms with van der Waals surface area (Å²) in [5, 5.41) is 3.50. The Morgan fingerprint density at radius 3 is 2.29 bits per heavy atom. The molecule has 140 valence electrons. The van der Waals surface area contributed by atoms with E-state index < -0.39 is 0 Å². The van der Waals surface area contributed by atoms with Gasteiger partial charge in [-0.3, -0.25) is 4.99 Å². The van der Waals surface area contributed by atoms with Crippen molar-refractivity contribution in [1.82, 2.24) is 10.2 Å². The molecule has 1 saturated heterocycles. The number of hydrogen-bond acceptors (Lipinski definition) is 2. The summed E-state index contributed by atoms with van der Waals surface area (Å²) in [6, 6.07) is 0. The van der Waals surface area contributed by atoms with E-state index in [-0.39, 0.29) is 24.0 Å². The van der Waals surface area contributed by atoms with Crippen molar-refractivity contribution < 1.29 is 4.74 Å². The highest BCUT2D eigenvalue weighted by atomic mass is 127. The normalized spacial score (nSPS) is 22.4. The second-order valence-electron chi connectivity index (χ2n) is 7.80. The standard InChI is InChI=1S/C19H35N3O.HI/c1-3-20-19(21-14-18(16-4-5-16)17-6-7-17)22(2)11-8-15-9-12-23-13-10-15;/h15-18H,3-14H2,1-2H3,(H,20,21);1H. The van der Waals surface area contributed by atoms with Crippen LogP contribution in [0.3, 0.4) is 0 Å². The van der Waals surface area contributed by atoms with Crippen molar-refractivity contribution in [3.8, 4) is 0 Å². The van der Waals surface area contributed by atoms with Crippen molar-refractivity contribution in [2.75, 3.05) is 39.9 Å². The van der Waals surface area contributed by atoms with Gasteiger partial charge in [0.05, 0.1) is 0 Å². The summed E-state index contributed by atoms with van der Waals surface area (Å²) in [5.74, 6) is 4.79. The highest BCUT2D eigenvalue weighted by Gasteiger charge is 2.41. The lowest BCUT2D eigenvalue weighted by atomic mass is 9.96. The quantitative estimate of drug-likeness (QED) is 0.349.